The van der Waals surface area contributed by atoms with Gasteiger partial charge in [-0.3, -0.25) is 10.5 Å². The van der Waals surface area contributed by atoms with Crippen molar-refractivity contribution in [2.24, 2.45) is 0 Å². The first kappa shape index (κ1) is 6.13. The van der Waals surface area contributed by atoms with Crippen LogP contribution in [0.5, 0.6) is 0 Å². The lowest BCUT2D eigenvalue weighted by Crippen LogP contribution is -2.24. The van der Waals surface area contributed by atoms with Crippen LogP contribution in [0.1, 0.15) is 12.8 Å². The van der Waals surface area contributed by atoms with Gasteiger partial charge in [-0.15, -0.1) is 0 Å². The maximum Gasteiger partial charge on any atom is 0.279 e. The highest BCUT2D eigenvalue weighted by Crippen LogP contribution is 2.09. The maximum atomic E-state index is 10.3. The topological polar surface area (TPSA) is 50.1 Å². The number of carbonyl (C=O) groups is 1. The molecule has 1 radical (unpaired) electrons. The van der Waals surface area contributed by atoms with Gasteiger partial charge in [0.1, 0.15) is 0 Å². The van der Waals surface area contributed by atoms with E-state index in [1.807, 2.05) is 6.08 Å². The second-order valence-corrected chi connectivity index (χ2v) is 1.94. The predicted octanol–water partition coefficient (Wildman–Crippen LogP) is 0.489. The minimum absolute atomic E-state index is 0.505. The first-order valence-corrected chi connectivity index (χ1v) is 2.86. The van der Waals surface area contributed by atoms with Crippen molar-refractivity contribution < 1.29 is 9.53 Å². The Morgan fingerprint density at radius 1 is 1.78 bits per heavy atom. The van der Waals surface area contributed by atoms with E-state index < -0.39 is 12.0 Å². The molecule has 3 heteroatoms. The van der Waals surface area contributed by atoms with Gasteiger partial charge in [-0.25, -0.2) is 0 Å². The summed E-state index contributed by atoms with van der Waals surface area (Å²) in [4.78, 5) is 10.3. The van der Waals surface area contributed by atoms with Crippen LogP contribution in [-0.4, -0.2) is 12.0 Å². The van der Waals surface area contributed by atoms with Crippen LogP contribution in [0.3, 0.4) is 0 Å². The minimum Gasteiger partial charge on any atom is -0.488 e. The molecule has 3 nitrogen and oxygen atoms in total. The summed E-state index contributed by atoms with van der Waals surface area (Å²) in [6.07, 6.45) is 4.32. The lowest BCUT2D eigenvalue weighted by Gasteiger charge is -2.14. The molecule has 1 amide bonds. The average molecular weight is 126 g/mol. The SMILES string of the molecule is [NH]C(=O)C1CCC=CO1. The molecule has 0 bridgehead atoms. The van der Waals surface area contributed by atoms with E-state index in [4.69, 9.17) is 10.5 Å². The summed E-state index contributed by atoms with van der Waals surface area (Å²) < 4.78 is 4.82. The molecular weight excluding hydrogens is 118 g/mol. The minimum atomic E-state index is -0.626. The largest absolute Gasteiger partial charge is 0.488 e. The average Bonchev–Trinajstić information content (AvgIpc) is 1.90. The summed E-state index contributed by atoms with van der Waals surface area (Å²) in [5.74, 6) is -0.626. The zero-order chi connectivity index (χ0) is 6.69. The van der Waals surface area contributed by atoms with Gasteiger partial charge in [0.2, 0.25) is 0 Å². The highest BCUT2D eigenvalue weighted by molar-refractivity contribution is 5.78. The normalized spacial score (nSPS) is 25.1. The summed E-state index contributed by atoms with van der Waals surface area (Å²) in [6.45, 7) is 0. The molecule has 1 N–H and O–H groups in total. The molecule has 0 saturated heterocycles. The number of allylic oxidation sites excluding steroid dienone is 1. The number of rotatable bonds is 1. The highest BCUT2D eigenvalue weighted by atomic mass is 16.5. The fourth-order valence-electron chi connectivity index (χ4n) is 0.727. The van der Waals surface area contributed by atoms with Crippen LogP contribution >= 0.6 is 0 Å². The summed E-state index contributed by atoms with van der Waals surface area (Å²) in [5, 5.41) is 0. The quantitative estimate of drug-likeness (QED) is 0.513. The summed E-state index contributed by atoms with van der Waals surface area (Å²) in [6, 6.07) is 0. The maximum absolute atomic E-state index is 10.3. The third-order valence-electron chi connectivity index (χ3n) is 1.23. The Morgan fingerprint density at radius 2 is 2.56 bits per heavy atom. The number of carbonyl (C=O) groups excluding carboxylic acids is 1. The molecule has 1 unspecified atom stereocenters. The predicted molar refractivity (Wildman–Crippen MR) is 31.4 cm³/mol. The van der Waals surface area contributed by atoms with E-state index in [1.165, 1.54) is 6.26 Å². The second-order valence-electron chi connectivity index (χ2n) is 1.94. The van der Waals surface area contributed by atoms with Crippen molar-refractivity contribution in [2.75, 3.05) is 0 Å². The van der Waals surface area contributed by atoms with E-state index in [0.717, 1.165) is 6.42 Å². The van der Waals surface area contributed by atoms with Gasteiger partial charge in [-0.05, 0) is 18.9 Å². The molecule has 0 spiro atoms. The Kier molecular flexibility index (Phi) is 1.72. The smallest absolute Gasteiger partial charge is 0.279 e. The van der Waals surface area contributed by atoms with Gasteiger partial charge in [0.25, 0.3) is 5.91 Å². The molecule has 1 rings (SSSR count). The molecule has 1 heterocycles. The first-order chi connectivity index (χ1) is 4.30. The van der Waals surface area contributed by atoms with E-state index in [1.54, 1.807) is 0 Å². The number of hydrogen-bond acceptors (Lipinski definition) is 2. The Balaban J connectivity index is 2.44. The molecule has 0 aromatic heterocycles. The van der Waals surface area contributed by atoms with Gasteiger partial charge in [0.15, 0.2) is 6.10 Å². The number of amides is 1. The van der Waals surface area contributed by atoms with Crippen molar-refractivity contribution in [1.82, 2.24) is 5.73 Å². The van der Waals surface area contributed by atoms with E-state index in [0.29, 0.717) is 6.42 Å². The van der Waals surface area contributed by atoms with Crippen LogP contribution in [0.15, 0.2) is 12.3 Å². The molecule has 9 heavy (non-hydrogen) atoms. The van der Waals surface area contributed by atoms with Crippen molar-refractivity contribution in [2.45, 2.75) is 18.9 Å². The molecule has 0 fully saturated rings. The van der Waals surface area contributed by atoms with Crippen LogP contribution in [-0.2, 0) is 9.53 Å². The molecule has 49 valence electrons. The van der Waals surface area contributed by atoms with E-state index in [-0.39, 0.29) is 0 Å². The summed E-state index contributed by atoms with van der Waals surface area (Å²) in [5.41, 5.74) is 6.67. The molecule has 0 aliphatic carbocycles. The molecular formula is C6H8NO2. The lowest BCUT2D eigenvalue weighted by molar-refractivity contribution is -0.127. The molecule has 0 aromatic rings. The third kappa shape index (κ3) is 1.45. The zero-order valence-corrected chi connectivity index (χ0v) is 4.96. The van der Waals surface area contributed by atoms with Crippen LogP contribution in [0, 0.1) is 0 Å². The van der Waals surface area contributed by atoms with E-state index in [9.17, 15) is 4.79 Å². The van der Waals surface area contributed by atoms with Gasteiger partial charge in [-0.2, -0.15) is 0 Å². The fraction of sp³-hybridized carbons (Fsp3) is 0.500. The van der Waals surface area contributed by atoms with Crippen LogP contribution in [0.4, 0.5) is 0 Å². The Bertz CT molecular complexity index is 142. The van der Waals surface area contributed by atoms with Gasteiger partial charge < -0.3 is 4.74 Å². The number of hydrogen-bond donors (Lipinski definition) is 0. The van der Waals surface area contributed by atoms with Crippen molar-refractivity contribution in [3.8, 4) is 0 Å². The molecule has 0 saturated carbocycles. The van der Waals surface area contributed by atoms with E-state index in [2.05, 4.69) is 0 Å². The number of ether oxygens (including phenoxy) is 1. The van der Waals surface area contributed by atoms with Gasteiger partial charge >= 0.3 is 0 Å². The van der Waals surface area contributed by atoms with Gasteiger partial charge in [0.05, 0.1) is 6.26 Å². The van der Waals surface area contributed by atoms with Crippen molar-refractivity contribution >= 4 is 5.91 Å². The van der Waals surface area contributed by atoms with Crippen molar-refractivity contribution in [3.05, 3.63) is 12.3 Å². The third-order valence-corrected chi connectivity index (χ3v) is 1.23. The fourth-order valence-corrected chi connectivity index (χ4v) is 0.727. The Hall–Kier alpha value is -0.990. The van der Waals surface area contributed by atoms with Crippen molar-refractivity contribution in [3.63, 3.8) is 0 Å². The molecule has 1 aliphatic rings. The van der Waals surface area contributed by atoms with E-state index >= 15 is 0 Å². The lowest BCUT2D eigenvalue weighted by atomic mass is 10.1. The monoisotopic (exact) mass is 126 g/mol. The first-order valence-electron chi connectivity index (χ1n) is 2.86. The Labute approximate surface area is 53.5 Å². The summed E-state index contributed by atoms with van der Waals surface area (Å²) >= 11 is 0. The number of nitrogens with one attached hydrogen (secondary N) is 1. The van der Waals surface area contributed by atoms with Gasteiger partial charge in [0, 0.05) is 0 Å². The van der Waals surface area contributed by atoms with Crippen LogP contribution in [0.25, 0.3) is 0 Å². The second kappa shape index (κ2) is 2.53. The Morgan fingerprint density at radius 3 is 2.89 bits per heavy atom. The van der Waals surface area contributed by atoms with Crippen molar-refractivity contribution in [1.29, 1.82) is 0 Å². The standard InChI is InChI=1S/C6H8NO2/c7-6(8)5-3-1-2-4-9-5/h2,4-5,7H,1,3H2. The molecule has 1 aliphatic heterocycles. The molecule has 0 aromatic carbocycles. The van der Waals surface area contributed by atoms with Crippen LogP contribution < -0.4 is 5.73 Å². The highest BCUT2D eigenvalue weighted by Gasteiger charge is 2.16. The zero-order valence-electron chi connectivity index (χ0n) is 4.96. The van der Waals surface area contributed by atoms with Gasteiger partial charge in [-0.1, -0.05) is 0 Å². The molecule has 1 atom stereocenters. The summed E-state index contributed by atoms with van der Waals surface area (Å²) in [7, 11) is 0. The van der Waals surface area contributed by atoms with Crippen LogP contribution in [0.2, 0.25) is 0 Å².